The standard InChI is InChI=1S/C13H20N2O4S/c1-10-7-15(8-12(9-16)19-10)20(17,18)13-5-3-2-4-11(13)6-14/h2-5,10,12,16H,6-9,14H2,1H3. The van der Waals surface area contributed by atoms with Crippen molar-refractivity contribution in [2.24, 2.45) is 5.73 Å². The maximum atomic E-state index is 12.7. The number of rotatable bonds is 4. The van der Waals surface area contributed by atoms with Crippen LogP contribution in [0.2, 0.25) is 0 Å². The Kier molecular flexibility index (Phi) is 4.77. The van der Waals surface area contributed by atoms with E-state index >= 15 is 0 Å². The maximum Gasteiger partial charge on any atom is 0.243 e. The molecule has 0 radical (unpaired) electrons. The minimum atomic E-state index is -3.62. The minimum absolute atomic E-state index is 0.155. The van der Waals surface area contributed by atoms with E-state index in [1.807, 2.05) is 0 Å². The van der Waals surface area contributed by atoms with Gasteiger partial charge in [-0.2, -0.15) is 4.31 Å². The molecule has 1 aromatic rings. The highest BCUT2D eigenvalue weighted by Crippen LogP contribution is 2.23. The van der Waals surface area contributed by atoms with Gasteiger partial charge < -0.3 is 15.6 Å². The Balaban J connectivity index is 2.34. The number of sulfonamides is 1. The van der Waals surface area contributed by atoms with Crippen LogP contribution in [-0.2, 0) is 21.3 Å². The molecule has 1 saturated heterocycles. The number of hydrogen-bond acceptors (Lipinski definition) is 5. The van der Waals surface area contributed by atoms with Gasteiger partial charge in [0.2, 0.25) is 10.0 Å². The van der Waals surface area contributed by atoms with Crippen LogP contribution in [-0.4, -0.2) is 49.7 Å². The van der Waals surface area contributed by atoms with E-state index < -0.39 is 16.1 Å². The third-order valence-corrected chi connectivity index (χ3v) is 5.24. The van der Waals surface area contributed by atoms with Crippen LogP contribution in [0.3, 0.4) is 0 Å². The normalized spacial score (nSPS) is 24.8. The van der Waals surface area contributed by atoms with Crippen molar-refractivity contribution in [3.8, 4) is 0 Å². The highest BCUT2D eigenvalue weighted by Gasteiger charge is 2.34. The van der Waals surface area contributed by atoms with Crippen LogP contribution in [0.25, 0.3) is 0 Å². The molecule has 20 heavy (non-hydrogen) atoms. The number of benzene rings is 1. The van der Waals surface area contributed by atoms with E-state index in [-0.39, 0.29) is 37.2 Å². The number of aliphatic hydroxyl groups is 1. The Bertz CT molecular complexity index is 561. The second-order valence-corrected chi connectivity index (χ2v) is 6.79. The number of ether oxygens (including phenoxy) is 1. The monoisotopic (exact) mass is 300 g/mol. The van der Waals surface area contributed by atoms with Gasteiger partial charge in [0, 0.05) is 19.6 Å². The van der Waals surface area contributed by atoms with Crippen LogP contribution in [0.5, 0.6) is 0 Å². The molecule has 3 N–H and O–H groups in total. The first-order chi connectivity index (χ1) is 9.48. The van der Waals surface area contributed by atoms with Crippen molar-refractivity contribution < 1.29 is 18.3 Å². The van der Waals surface area contributed by atoms with E-state index in [1.54, 1.807) is 31.2 Å². The average Bonchev–Trinajstić information content (AvgIpc) is 2.46. The summed E-state index contributed by atoms with van der Waals surface area (Å²) in [7, 11) is -3.62. The van der Waals surface area contributed by atoms with Crippen LogP contribution in [0.15, 0.2) is 29.2 Å². The smallest absolute Gasteiger partial charge is 0.243 e. The molecular weight excluding hydrogens is 280 g/mol. The lowest BCUT2D eigenvalue weighted by atomic mass is 10.2. The SMILES string of the molecule is CC1CN(S(=O)(=O)c2ccccc2CN)CC(CO)O1. The highest BCUT2D eigenvalue weighted by molar-refractivity contribution is 7.89. The summed E-state index contributed by atoms with van der Waals surface area (Å²) in [5.41, 5.74) is 6.20. The number of nitrogens with zero attached hydrogens (tertiary/aromatic N) is 1. The Morgan fingerprint density at radius 3 is 2.75 bits per heavy atom. The van der Waals surface area contributed by atoms with Gasteiger partial charge in [-0.3, -0.25) is 0 Å². The summed E-state index contributed by atoms with van der Waals surface area (Å²) in [5, 5.41) is 9.20. The van der Waals surface area contributed by atoms with Crippen LogP contribution in [0, 0.1) is 0 Å². The topological polar surface area (TPSA) is 92.9 Å². The largest absolute Gasteiger partial charge is 0.394 e. The second kappa shape index (κ2) is 6.19. The zero-order chi connectivity index (χ0) is 14.8. The molecule has 0 aromatic heterocycles. The summed E-state index contributed by atoms with van der Waals surface area (Å²) in [4.78, 5) is 0.230. The summed E-state index contributed by atoms with van der Waals surface area (Å²) in [6, 6.07) is 6.71. The molecule has 0 spiro atoms. The van der Waals surface area contributed by atoms with Gasteiger partial charge in [0.05, 0.1) is 23.7 Å². The Labute approximate surface area is 119 Å². The molecule has 2 atom stereocenters. The van der Waals surface area contributed by atoms with Crippen LogP contribution in [0.1, 0.15) is 12.5 Å². The Morgan fingerprint density at radius 2 is 2.10 bits per heavy atom. The quantitative estimate of drug-likeness (QED) is 0.811. The van der Waals surface area contributed by atoms with E-state index in [1.165, 1.54) is 4.31 Å². The molecule has 112 valence electrons. The lowest BCUT2D eigenvalue weighted by molar-refractivity contribution is -0.0750. The van der Waals surface area contributed by atoms with E-state index in [0.717, 1.165) is 0 Å². The van der Waals surface area contributed by atoms with Gasteiger partial charge in [-0.25, -0.2) is 8.42 Å². The van der Waals surface area contributed by atoms with Crippen LogP contribution in [0.4, 0.5) is 0 Å². The first-order valence-electron chi connectivity index (χ1n) is 6.53. The average molecular weight is 300 g/mol. The van der Waals surface area contributed by atoms with Gasteiger partial charge in [-0.1, -0.05) is 18.2 Å². The summed E-state index contributed by atoms with van der Waals surface area (Å²) < 4.78 is 32.2. The van der Waals surface area contributed by atoms with Crippen molar-refractivity contribution in [1.29, 1.82) is 0 Å². The second-order valence-electron chi connectivity index (χ2n) is 4.89. The summed E-state index contributed by atoms with van der Waals surface area (Å²) in [6.07, 6.45) is -0.737. The van der Waals surface area contributed by atoms with E-state index in [0.29, 0.717) is 5.56 Å². The molecule has 1 aliphatic heterocycles. The molecule has 0 aliphatic carbocycles. The predicted molar refractivity (Wildman–Crippen MR) is 74.5 cm³/mol. The first-order valence-corrected chi connectivity index (χ1v) is 7.97. The molecule has 7 heteroatoms. The van der Waals surface area contributed by atoms with Crippen molar-refractivity contribution in [1.82, 2.24) is 4.31 Å². The molecule has 1 fully saturated rings. The molecule has 0 saturated carbocycles. The molecule has 2 unspecified atom stereocenters. The van der Waals surface area contributed by atoms with Gasteiger partial charge in [-0.05, 0) is 18.6 Å². The Morgan fingerprint density at radius 1 is 1.40 bits per heavy atom. The first kappa shape index (κ1) is 15.4. The van der Waals surface area contributed by atoms with E-state index in [2.05, 4.69) is 0 Å². The van der Waals surface area contributed by atoms with Crippen molar-refractivity contribution >= 4 is 10.0 Å². The van der Waals surface area contributed by atoms with Gasteiger partial charge in [0.25, 0.3) is 0 Å². The molecule has 6 nitrogen and oxygen atoms in total. The Hall–Kier alpha value is -0.990. The molecule has 1 aromatic carbocycles. The van der Waals surface area contributed by atoms with Crippen LogP contribution < -0.4 is 5.73 Å². The predicted octanol–water partition coefficient (Wildman–Crippen LogP) is -0.0844. The van der Waals surface area contributed by atoms with Gasteiger partial charge in [0.1, 0.15) is 0 Å². The van der Waals surface area contributed by atoms with E-state index in [9.17, 15) is 13.5 Å². The number of morpholine rings is 1. The fourth-order valence-electron chi connectivity index (χ4n) is 2.36. The van der Waals surface area contributed by atoms with Crippen molar-refractivity contribution in [2.45, 2.75) is 30.6 Å². The van der Waals surface area contributed by atoms with Crippen LogP contribution >= 0.6 is 0 Å². The maximum absolute atomic E-state index is 12.7. The van der Waals surface area contributed by atoms with Gasteiger partial charge in [0.15, 0.2) is 0 Å². The molecule has 1 heterocycles. The summed E-state index contributed by atoms with van der Waals surface area (Å²) >= 11 is 0. The number of aliphatic hydroxyl groups excluding tert-OH is 1. The van der Waals surface area contributed by atoms with E-state index in [4.69, 9.17) is 10.5 Å². The van der Waals surface area contributed by atoms with Crippen molar-refractivity contribution in [2.75, 3.05) is 19.7 Å². The summed E-state index contributed by atoms with van der Waals surface area (Å²) in [6.45, 7) is 2.19. The number of nitrogens with two attached hydrogens (primary N) is 1. The lowest BCUT2D eigenvalue weighted by Crippen LogP contribution is -2.50. The third-order valence-electron chi connectivity index (χ3n) is 3.31. The van der Waals surface area contributed by atoms with Crippen molar-refractivity contribution in [3.05, 3.63) is 29.8 Å². The van der Waals surface area contributed by atoms with Gasteiger partial charge >= 0.3 is 0 Å². The number of hydrogen-bond donors (Lipinski definition) is 2. The summed E-state index contributed by atoms with van der Waals surface area (Å²) in [5.74, 6) is 0. The highest BCUT2D eigenvalue weighted by atomic mass is 32.2. The minimum Gasteiger partial charge on any atom is -0.394 e. The zero-order valence-corrected chi connectivity index (χ0v) is 12.2. The van der Waals surface area contributed by atoms with Gasteiger partial charge in [-0.15, -0.1) is 0 Å². The lowest BCUT2D eigenvalue weighted by Gasteiger charge is -2.35. The van der Waals surface area contributed by atoms with Crippen molar-refractivity contribution in [3.63, 3.8) is 0 Å². The molecule has 2 rings (SSSR count). The molecular formula is C13H20N2O4S. The molecule has 0 amide bonds. The fourth-order valence-corrected chi connectivity index (χ4v) is 4.14. The fraction of sp³-hybridized carbons (Fsp3) is 0.538. The molecule has 1 aliphatic rings. The zero-order valence-electron chi connectivity index (χ0n) is 11.4. The molecule has 0 bridgehead atoms. The third kappa shape index (κ3) is 3.02.